The third kappa shape index (κ3) is 6.75. The van der Waals surface area contributed by atoms with E-state index in [0.29, 0.717) is 12.6 Å². The monoisotopic (exact) mass is 245 g/mol. The minimum Gasteiger partial charge on any atom is -0.479 e. The second-order valence-corrected chi connectivity index (χ2v) is 4.07. The number of carboxylic acids is 1. The highest BCUT2D eigenvalue weighted by Gasteiger charge is 2.19. The molecule has 2 amide bonds. The molecule has 0 aromatic rings. The van der Waals surface area contributed by atoms with E-state index in [9.17, 15) is 9.59 Å². The van der Waals surface area contributed by atoms with Gasteiger partial charge in [0.1, 0.15) is 0 Å². The average Bonchev–Trinajstić information content (AvgIpc) is 3.09. The lowest BCUT2D eigenvalue weighted by atomic mass is 10.3. The van der Waals surface area contributed by atoms with Gasteiger partial charge >= 0.3 is 12.0 Å². The van der Waals surface area contributed by atoms with Crippen molar-refractivity contribution in [3.63, 3.8) is 0 Å². The number of nitrogens with one attached hydrogen (secondary N) is 3. The molecule has 0 radical (unpaired) electrons. The second kappa shape index (κ2) is 7.08. The number of carbonyl (C=O) groups is 2. The van der Waals surface area contributed by atoms with E-state index < -0.39 is 18.1 Å². The highest BCUT2D eigenvalue weighted by molar-refractivity contribution is 5.76. The predicted octanol–water partition coefficient (Wildman–Crippen LogP) is -1.13. The zero-order valence-corrected chi connectivity index (χ0v) is 9.61. The largest absolute Gasteiger partial charge is 0.479 e. The maximum Gasteiger partial charge on any atom is 0.334 e. The first-order valence-corrected chi connectivity index (χ1v) is 5.75. The van der Waals surface area contributed by atoms with Crippen molar-refractivity contribution in [2.75, 3.05) is 19.6 Å². The van der Waals surface area contributed by atoms with Gasteiger partial charge in [-0.1, -0.05) is 0 Å². The Morgan fingerprint density at radius 2 is 1.94 bits per heavy atom. The molecular formula is C10H19N3O4. The fraction of sp³-hybridized carbons (Fsp3) is 0.800. The molecule has 0 spiro atoms. The van der Waals surface area contributed by atoms with Crippen LogP contribution in [-0.2, 0) is 4.79 Å². The summed E-state index contributed by atoms with van der Waals surface area (Å²) < 4.78 is 0. The summed E-state index contributed by atoms with van der Waals surface area (Å²) in [6.45, 7) is 1.10. The van der Waals surface area contributed by atoms with Crippen LogP contribution in [0.5, 0.6) is 0 Å². The Hall–Kier alpha value is -1.34. The van der Waals surface area contributed by atoms with Crippen LogP contribution in [0.15, 0.2) is 0 Å². The Kier molecular flexibility index (Phi) is 5.71. The molecular weight excluding hydrogens is 226 g/mol. The minimum atomic E-state index is -1.56. The lowest BCUT2D eigenvalue weighted by Crippen LogP contribution is -2.42. The summed E-state index contributed by atoms with van der Waals surface area (Å²) in [6.07, 6.45) is 1.74. The van der Waals surface area contributed by atoms with Crippen LogP contribution in [0.25, 0.3) is 0 Å². The molecule has 17 heavy (non-hydrogen) atoms. The molecule has 0 unspecified atom stereocenters. The molecule has 1 aliphatic carbocycles. The van der Waals surface area contributed by atoms with Crippen molar-refractivity contribution in [3.05, 3.63) is 0 Å². The fourth-order valence-electron chi connectivity index (χ4n) is 1.22. The van der Waals surface area contributed by atoms with Gasteiger partial charge in [-0.25, -0.2) is 9.59 Å². The Labute approximate surface area is 99.6 Å². The lowest BCUT2D eigenvalue weighted by Gasteiger charge is -2.09. The van der Waals surface area contributed by atoms with Gasteiger partial charge in [-0.15, -0.1) is 0 Å². The van der Waals surface area contributed by atoms with Gasteiger partial charge in [-0.3, -0.25) is 0 Å². The van der Waals surface area contributed by atoms with Gasteiger partial charge in [0.05, 0.1) is 6.54 Å². The predicted molar refractivity (Wildman–Crippen MR) is 60.7 cm³/mol. The number of urea groups is 1. The molecule has 1 atom stereocenters. The van der Waals surface area contributed by atoms with Crippen molar-refractivity contribution < 1.29 is 19.8 Å². The molecule has 0 aromatic carbocycles. The van der Waals surface area contributed by atoms with Gasteiger partial charge in [0.25, 0.3) is 0 Å². The maximum absolute atomic E-state index is 11.1. The smallest absolute Gasteiger partial charge is 0.334 e. The van der Waals surface area contributed by atoms with Crippen molar-refractivity contribution in [3.8, 4) is 0 Å². The Morgan fingerprint density at radius 1 is 1.24 bits per heavy atom. The molecule has 1 aliphatic rings. The van der Waals surface area contributed by atoms with E-state index in [1.807, 2.05) is 0 Å². The highest BCUT2D eigenvalue weighted by Crippen LogP contribution is 2.18. The summed E-state index contributed by atoms with van der Waals surface area (Å²) in [7, 11) is 0. The van der Waals surface area contributed by atoms with Gasteiger partial charge in [0.15, 0.2) is 6.10 Å². The van der Waals surface area contributed by atoms with Crippen LogP contribution in [0.1, 0.15) is 19.3 Å². The Bertz CT molecular complexity index is 268. The number of carbonyl (C=O) groups excluding carboxylic acids is 1. The van der Waals surface area contributed by atoms with E-state index in [4.69, 9.17) is 10.2 Å². The normalized spacial score (nSPS) is 16.3. The topological polar surface area (TPSA) is 111 Å². The Morgan fingerprint density at radius 3 is 2.53 bits per heavy atom. The standard InChI is InChI=1S/C10H19N3O4/c14-8(9(15)16)6-13-10(17)12-5-1-4-11-7-2-3-7/h7-8,11,14H,1-6H2,(H,15,16)(H2,12,13,17)/t8-/m0/s1. The average molecular weight is 245 g/mol. The van der Waals surface area contributed by atoms with E-state index >= 15 is 0 Å². The van der Waals surface area contributed by atoms with Crippen molar-refractivity contribution in [2.45, 2.75) is 31.4 Å². The van der Waals surface area contributed by atoms with Gasteiger partial charge < -0.3 is 26.2 Å². The van der Waals surface area contributed by atoms with E-state index in [0.717, 1.165) is 13.0 Å². The molecule has 0 aliphatic heterocycles. The Balaban J connectivity index is 1.91. The lowest BCUT2D eigenvalue weighted by molar-refractivity contribution is -0.146. The van der Waals surface area contributed by atoms with Gasteiger partial charge in [-0.2, -0.15) is 0 Å². The van der Waals surface area contributed by atoms with Crippen LogP contribution in [0, 0.1) is 0 Å². The van der Waals surface area contributed by atoms with Crippen molar-refractivity contribution in [2.24, 2.45) is 0 Å². The molecule has 1 fully saturated rings. The molecule has 0 heterocycles. The number of aliphatic hydroxyl groups excluding tert-OH is 1. The first-order chi connectivity index (χ1) is 8.09. The second-order valence-electron chi connectivity index (χ2n) is 4.07. The molecule has 0 bridgehead atoms. The summed E-state index contributed by atoms with van der Waals surface area (Å²) in [5.74, 6) is -1.35. The SMILES string of the molecule is O=C(NCCCNC1CC1)NC[C@H](O)C(=O)O. The van der Waals surface area contributed by atoms with Crippen LogP contribution in [0.2, 0.25) is 0 Å². The third-order valence-corrected chi connectivity index (χ3v) is 2.39. The van der Waals surface area contributed by atoms with E-state index in [1.165, 1.54) is 12.8 Å². The maximum atomic E-state index is 11.1. The molecule has 7 heteroatoms. The molecule has 7 nitrogen and oxygen atoms in total. The van der Waals surface area contributed by atoms with Gasteiger partial charge in [0, 0.05) is 12.6 Å². The van der Waals surface area contributed by atoms with Gasteiger partial charge in [0.2, 0.25) is 0 Å². The number of rotatable bonds is 8. The summed E-state index contributed by atoms with van der Waals surface area (Å²) in [4.78, 5) is 21.4. The highest BCUT2D eigenvalue weighted by atomic mass is 16.4. The van der Waals surface area contributed by atoms with Crippen molar-refractivity contribution in [1.82, 2.24) is 16.0 Å². The van der Waals surface area contributed by atoms with Crippen molar-refractivity contribution >= 4 is 12.0 Å². The first-order valence-electron chi connectivity index (χ1n) is 5.75. The van der Waals surface area contributed by atoms with E-state index in [2.05, 4.69) is 16.0 Å². The van der Waals surface area contributed by atoms with Crippen LogP contribution >= 0.6 is 0 Å². The fourth-order valence-corrected chi connectivity index (χ4v) is 1.22. The number of amides is 2. The summed E-state index contributed by atoms with van der Waals surface area (Å²) in [6, 6.07) is 0.200. The summed E-state index contributed by atoms with van der Waals surface area (Å²) in [5, 5.41) is 25.4. The van der Waals surface area contributed by atoms with Crippen LogP contribution in [0.4, 0.5) is 4.79 Å². The summed E-state index contributed by atoms with van der Waals surface area (Å²) in [5.41, 5.74) is 0. The number of aliphatic carboxylic acids is 1. The first kappa shape index (κ1) is 13.7. The number of hydrogen-bond acceptors (Lipinski definition) is 4. The molecule has 1 rings (SSSR count). The zero-order chi connectivity index (χ0) is 12.7. The molecule has 98 valence electrons. The van der Waals surface area contributed by atoms with Crippen LogP contribution in [-0.4, -0.2) is 54.0 Å². The molecule has 5 N–H and O–H groups in total. The quantitative estimate of drug-likeness (QED) is 0.348. The molecule has 1 saturated carbocycles. The number of carboxylic acid groups (broad SMARTS) is 1. The summed E-state index contributed by atoms with van der Waals surface area (Å²) >= 11 is 0. The van der Waals surface area contributed by atoms with Crippen LogP contribution in [0.3, 0.4) is 0 Å². The van der Waals surface area contributed by atoms with E-state index in [1.54, 1.807) is 0 Å². The molecule has 0 saturated heterocycles. The third-order valence-electron chi connectivity index (χ3n) is 2.39. The zero-order valence-electron chi connectivity index (χ0n) is 9.61. The van der Waals surface area contributed by atoms with E-state index in [-0.39, 0.29) is 6.54 Å². The van der Waals surface area contributed by atoms with Crippen molar-refractivity contribution in [1.29, 1.82) is 0 Å². The van der Waals surface area contributed by atoms with Crippen LogP contribution < -0.4 is 16.0 Å². The van der Waals surface area contributed by atoms with Gasteiger partial charge in [-0.05, 0) is 25.8 Å². The molecule has 0 aromatic heterocycles. The minimum absolute atomic E-state index is 0.290. The number of aliphatic hydroxyl groups is 1. The number of hydrogen-bond donors (Lipinski definition) is 5.